The highest BCUT2D eigenvalue weighted by atomic mass is 32.2. The Labute approximate surface area is 186 Å². The first-order valence-corrected chi connectivity index (χ1v) is 13.1. The minimum atomic E-state index is -0.205. The van der Waals surface area contributed by atoms with E-state index in [9.17, 15) is 4.79 Å². The third-order valence-corrected chi connectivity index (χ3v) is 8.11. The van der Waals surface area contributed by atoms with Crippen molar-refractivity contribution < 1.29 is 9.53 Å². The quantitative estimate of drug-likeness (QED) is 0.521. The van der Waals surface area contributed by atoms with Crippen LogP contribution in [0.4, 0.5) is 0 Å². The second-order valence-corrected chi connectivity index (χ2v) is 10.2. The zero-order valence-electron chi connectivity index (χ0n) is 18.6. The van der Waals surface area contributed by atoms with E-state index in [1.165, 1.54) is 50.3 Å². The molecule has 0 aromatic rings. The topological polar surface area (TPSA) is 60.4 Å². The van der Waals surface area contributed by atoms with Gasteiger partial charge in [0.25, 0.3) is 5.91 Å². The van der Waals surface area contributed by atoms with Gasteiger partial charge in [0.15, 0.2) is 5.96 Å². The van der Waals surface area contributed by atoms with Crippen LogP contribution in [0, 0.1) is 0 Å². The highest BCUT2D eigenvalue weighted by Crippen LogP contribution is 2.37. The fraction of sp³-hybridized carbons (Fsp3) is 0.909. The first-order valence-electron chi connectivity index (χ1n) is 12.0. The van der Waals surface area contributed by atoms with Crippen LogP contribution in [0.15, 0.2) is 4.99 Å². The third kappa shape index (κ3) is 5.07. The zero-order valence-corrected chi connectivity index (χ0v) is 19.4. The van der Waals surface area contributed by atoms with Crippen LogP contribution in [0.25, 0.3) is 0 Å². The molecule has 30 heavy (non-hydrogen) atoms. The van der Waals surface area contributed by atoms with Gasteiger partial charge in [0.05, 0.1) is 6.54 Å². The lowest BCUT2D eigenvalue weighted by Crippen LogP contribution is -2.56. The van der Waals surface area contributed by atoms with E-state index in [1.807, 2.05) is 4.90 Å². The van der Waals surface area contributed by atoms with Gasteiger partial charge in [-0.3, -0.25) is 14.7 Å². The van der Waals surface area contributed by atoms with Crippen molar-refractivity contribution in [3.63, 3.8) is 0 Å². The van der Waals surface area contributed by atoms with Gasteiger partial charge in [0, 0.05) is 69.5 Å². The highest BCUT2D eigenvalue weighted by Gasteiger charge is 2.40. The predicted molar refractivity (Wildman–Crippen MR) is 123 cm³/mol. The number of nitrogens with zero attached hydrogens (tertiary/aromatic N) is 4. The van der Waals surface area contributed by atoms with Gasteiger partial charge in [-0.05, 0) is 32.6 Å². The number of aliphatic imine (C=N–C) groups is 1. The SMILES string of the molecule is CCNC(=NCC1(N2CCSCC2)CCCC1)N1CCN(C(=O)C2CCCO2)CC1. The number of ether oxygens (including phenoxy) is 1. The molecule has 1 saturated carbocycles. The van der Waals surface area contributed by atoms with Gasteiger partial charge in [-0.1, -0.05) is 12.8 Å². The van der Waals surface area contributed by atoms with Crippen molar-refractivity contribution in [1.29, 1.82) is 0 Å². The van der Waals surface area contributed by atoms with Crippen molar-refractivity contribution in [2.24, 2.45) is 4.99 Å². The van der Waals surface area contributed by atoms with Crippen LogP contribution in [0.1, 0.15) is 45.4 Å². The van der Waals surface area contributed by atoms with E-state index >= 15 is 0 Å². The van der Waals surface area contributed by atoms with E-state index in [-0.39, 0.29) is 17.6 Å². The summed E-state index contributed by atoms with van der Waals surface area (Å²) in [5.74, 6) is 3.72. The molecule has 0 spiro atoms. The lowest BCUT2D eigenvalue weighted by atomic mass is 9.95. The molecule has 8 heteroatoms. The molecule has 0 radical (unpaired) electrons. The number of hydrogen-bond acceptors (Lipinski definition) is 5. The molecule has 0 aromatic carbocycles. The van der Waals surface area contributed by atoms with Crippen LogP contribution in [0.2, 0.25) is 0 Å². The number of hydrogen-bond donors (Lipinski definition) is 1. The van der Waals surface area contributed by atoms with Gasteiger partial charge in [0.2, 0.25) is 0 Å². The number of carbonyl (C=O) groups is 1. The number of rotatable bonds is 5. The summed E-state index contributed by atoms with van der Waals surface area (Å²) in [5, 5.41) is 3.52. The number of guanidine groups is 1. The Kier molecular flexibility index (Phi) is 7.81. The fourth-order valence-electron chi connectivity index (χ4n) is 5.41. The van der Waals surface area contributed by atoms with Crippen molar-refractivity contribution >= 4 is 23.6 Å². The average Bonchev–Trinajstić information content (AvgIpc) is 3.50. The minimum absolute atomic E-state index is 0.182. The van der Waals surface area contributed by atoms with E-state index in [2.05, 4.69) is 33.8 Å². The molecule has 3 saturated heterocycles. The molecule has 3 aliphatic heterocycles. The molecule has 0 aromatic heterocycles. The molecule has 1 amide bonds. The first-order chi connectivity index (χ1) is 14.7. The second-order valence-electron chi connectivity index (χ2n) is 9.02. The predicted octanol–water partition coefficient (Wildman–Crippen LogP) is 1.64. The first kappa shape index (κ1) is 22.2. The summed E-state index contributed by atoms with van der Waals surface area (Å²) in [5.41, 5.74) is 0.263. The van der Waals surface area contributed by atoms with Crippen molar-refractivity contribution in [2.45, 2.75) is 57.1 Å². The Hall–Kier alpha value is -0.990. The number of nitrogens with one attached hydrogen (secondary N) is 1. The van der Waals surface area contributed by atoms with Crippen LogP contribution in [0.5, 0.6) is 0 Å². The molecule has 0 bridgehead atoms. The third-order valence-electron chi connectivity index (χ3n) is 7.17. The Balaban J connectivity index is 1.37. The molecule has 1 unspecified atom stereocenters. The van der Waals surface area contributed by atoms with Crippen LogP contribution < -0.4 is 5.32 Å². The van der Waals surface area contributed by atoms with Gasteiger partial charge >= 0.3 is 0 Å². The molecule has 1 aliphatic carbocycles. The fourth-order valence-corrected chi connectivity index (χ4v) is 6.31. The lowest BCUT2D eigenvalue weighted by molar-refractivity contribution is -0.142. The van der Waals surface area contributed by atoms with Crippen molar-refractivity contribution in [3.8, 4) is 0 Å². The average molecular weight is 438 g/mol. The number of amides is 1. The van der Waals surface area contributed by atoms with Crippen LogP contribution in [0.3, 0.4) is 0 Å². The van der Waals surface area contributed by atoms with Crippen LogP contribution in [-0.2, 0) is 9.53 Å². The summed E-state index contributed by atoms with van der Waals surface area (Å²) >= 11 is 2.08. The Morgan fingerprint density at radius 1 is 1.07 bits per heavy atom. The summed E-state index contributed by atoms with van der Waals surface area (Å²) in [6.07, 6.45) is 6.91. The molecule has 1 N–H and O–H groups in total. The van der Waals surface area contributed by atoms with Crippen molar-refractivity contribution in [2.75, 3.05) is 70.5 Å². The Morgan fingerprint density at radius 2 is 1.77 bits per heavy atom. The smallest absolute Gasteiger partial charge is 0.251 e. The molecule has 4 aliphatic rings. The van der Waals surface area contributed by atoms with Gasteiger partial charge < -0.3 is 19.9 Å². The summed E-state index contributed by atoms with van der Waals surface area (Å²) in [6.45, 7) is 10.3. The van der Waals surface area contributed by atoms with Gasteiger partial charge in [-0.15, -0.1) is 0 Å². The molecule has 3 heterocycles. The molecule has 170 valence electrons. The summed E-state index contributed by atoms with van der Waals surface area (Å²) < 4.78 is 5.60. The van der Waals surface area contributed by atoms with Crippen LogP contribution >= 0.6 is 11.8 Å². The maximum atomic E-state index is 12.6. The summed E-state index contributed by atoms with van der Waals surface area (Å²) in [4.78, 5) is 24.9. The van der Waals surface area contributed by atoms with Crippen molar-refractivity contribution in [3.05, 3.63) is 0 Å². The Bertz CT molecular complexity index is 590. The van der Waals surface area contributed by atoms with E-state index < -0.39 is 0 Å². The van der Waals surface area contributed by atoms with E-state index in [0.717, 1.165) is 64.7 Å². The molecule has 4 fully saturated rings. The van der Waals surface area contributed by atoms with E-state index in [4.69, 9.17) is 9.73 Å². The second kappa shape index (κ2) is 10.6. The number of piperazine rings is 1. The zero-order chi connectivity index (χ0) is 20.8. The normalized spacial score (nSPS) is 28.2. The number of carbonyl (C=O) groups excluding carboxylic acids is 1. The van der Waals surface area contributed by atoms with E-state index in [1.54, 1.807) is 0 Å². The maximum absolute atomic E-state index is 12.6. The lowest BCUT2D eigenvalue weighted by Gasteiger charge is -2.43. The van der Waals surface area contributed by atoms with Crippen LogP contribution in [-0.4, -0.2) is 109 Å². The van der Waals surface area contributed by atoms with Crippen molar-refractivity contribution in [1.82, 2.24) is 20.0 Å². The van der Waals surface area contributed by atoms with E-state index in [0.29, 0.717) is 0 Å². The molecule has 4 rings (SSSR count). The minimum Gasteiger partial charge on any atom is -0.368 e. The van der Waals surface area contributed by atoms with Gasteiger partial charge in [-0.25, -0.2) is 0 Å². The molecular formula is C22H39N5O2S. The van der Waals surface area contributed by atoms with Gasteiger partial charge in [-0.2, -0.15) is 11.8 Å². The number of thioether (sulfide) groups is 1. The Morgan fingerprint density at radius 3 is 2.40 bits per heavy atom. The molecule has 7 nitrogen and oxygen atoms in total. The maximum Gasteiger partial charge on any atom is 0.251 e. The molecule has 1 atom stereocenters. The molecular weight excluding hydrogens is 398 g/mol. The van der Waals surface area contributed by atoms with Gasteiger partial charge in [0.1, 0.15) is 6.10 Å². The summed E-state index contributed by atoms with van der Waals surface area (Å²) in [7, 11) is 0. The monoisotopic (exact) mass is 437 g/mol. The highest BCUT2D eigenvalue weighted by molar-refractivity contribution is 7.99. The largest absolute Gasteiger partial charge is 0.368 e. The summed E-state index contributed by atoms with van der Waals surface area (Å²) in [6, 6.07) is 0. The standard InChI is InChI=1S/C22H39N5O2S/c1-2-23-21(24-18-22(7-3-4-8-22)27-13-16-30-17-14-27)26-11-9-25(10-12-26)20(28)19-6-5-15-29-19/h19H,2-18H2,1H3,(H,23,24).